The van der Waals surface area contributed by atoms with Crippen LogP contribution in [0, 0.1) is 6.92 Å². The Bertz CT molecular complexity index is 1050. The zero-order valence-electron chi connectivity index (χ0n) is 15.0. The van der Waals surface area contributed by atoms with Crippen LogP contribution in [0.2, 0.25) is 5.02 Å². The van der Waals surface area contributed by atoms with E-state index in [0.717, 1.165) is 11.3 Å². The van der Waals surface area contributed by atoms with Gasteiger partial charge in [-0.15, -0.1) is 10.2 Å². The summed E-state index contributed by atoms with van der Waals surface area (Å²) in [6.07, 6.45) is 1.95. The third-order valence-electron chi connectivity index (χ3n) is 4.41. The van der Waals surface area contributed by atoms with E-state index < -0.39 is 6.04 Å². The van der Waals surface area contributed by atoms with Gasteiger partial charge in [-0.25, -0.2) is 0 Å². The summed E-state index contributed by atoms with van der Waals surface area (Å²) in [6.45, 7) is 1.86. The molecule has 0 amide bonds. The third kappa shape index (κ3) is 3.02. The van der Waals surface area contributed by atoms with Crippen molar-refractivity contribution in [1.82, 2.24) is 24.5 Å². The van der Waals surface area contributed by atoms with Crippen molar-refractivity contribution >= 4 is 23.3 Å². The van der Waals surface area contributed by atoms with Gasteiger partial charge < -0.3 is 4.74 Å². The standard InChI is InChI=1S/C18H17ClN6O2/c1-10-21-22-18-13(8-15(26)27-3)20-16(11-4-6-12(19)7-5-11)17-14(25(10)18)9-24(2)23-17/h4-7,9,13H,8H2,1-3H3/t13-/m0/s1. The highest BCUT2D eigenvalue weighted by atomic mass is 35.5. The largest absolute Gasteiger partial charge is 0.469 e. The van der Waals surface area contributed by atoms with E-state index in [4.69, 9.17) is 21.3 Å². The Morgan fingerprint density at radius 3 is 2.70 bits per heavy atom. The molecule has 8 nitrogen and oxygen atoms in total. The maximum Gasteiger partial charge on any atom is 0.308 e. The molecule has 4 rings (SSSR count). The number of aryl methyl sites for hydroxylation is 2. The molecule has 0 N–H and O–H groups in total. The van der Waals surface area contributed by atoms with Crippen LogP contribution in [0.25, 0.3) is 5.69 Å². The first-order valence-electron chi connectivity index (χ1n) is 8.34. The summed E-state index contributed by atoms with van der Waals surface area (Å²) in [5.41, 5.74) is 3.03. The van der Waals surface area contributed by atoms with Crippen molar-refractivity contribution in [3.05, 3.63) is 58.4 Å². The predicted molar refractivity (Wildman–Crippen MR) is 99.3 cm³/mol. The first-order chi connectivity index (χ1) is 13.0. The molecular formula is C18H17ClN6O2. The maximum absolute atomic E-state index is 12.0. The minimum atomic E-state index is -0.538. The molecule has 1 aliphatic heterocycles. The number of carbonyl (C=O) groups excluding carboxylic acids is 1. The minimum Gasteiger partial charge on any atom is -0.469 e. The zero-order valence-corrected chi connectivity index (χ0v) is 15.8. The molecule has 1 aromatic carbocycles. The van der Waals surface area contributed by atoms with Gasteiger partial charge >= 0.3 is 5.97 Å². The highest BCUT2D eigenvalue weighted by molar-refractivity contribution is 6.30. The van der Waals surface area contributed by atoms with E-state index in [1.54, 1.807) is 16.8 Å². The van der Waals surface area contributed by atoms with Crippen LogP contribution in [-0.4, -0.2) is 43.3 Å². The number of fused-ring (bicyclic) bond motifs is 3. The first kappa shape index (κ1) is 17.4. The fraction of sp³-hybridized carbons (Fsp3) is 0.278. The third-order valence-corrected chi connectivity index (χ3v) is 4.66. The molecule has 3 heterocycles. The second kappa shape index (κ2) is 6.62. The number of aliphatic imine (C=N–C) groups is 1. The van der Waals surface area contributed by atoms with Crippen molar-refractivity contribution in [2.45, 2.75) is 19.4 Å². The number of rotatable bonds is 3. The van der Waals surface area contributed by atoms with Crippen molar-refractivity contribution < 1.29 is 9.53 Å². The number of hydrogen-bond acceptors (Lipinski definition) is 6. The number of halogens is 1. The Morgan fingerprint density at radius 1 is 1.26 bits per heavy atom. The Labute approximate surface area is 160 Å². The maximum atomic E-state index is 12.0. The molecule has 0 saturated carbocycles. The highest BCUT2D eigenvalue weighted by Crippen LogP contribution is 2.32. The fourth-order valence-corrected chi connectivity index (χ4v) is 3.30. The SMILES string of the molecule is COC(=O)C[C@@H]1N=C(c2ccc(Cl)cc2)c2nn(C)cc2-n2c(C)nnc21. The number of hydrogen-bond donors (Lipinski definition) is 0. The van der Waals surface area contributed by atoms with Gasteiger partial charge in [-0.1, -0.05) is 23.7 Å². The van der Waals surface area contributed by atoms with Crippen molar-refractivity contribution in [3.8, 4) is 5.69 Å². The zero-order chi connectivity index (χ0) is 19.1. The number of benzene rings is 1. The van der Waals surface area contributed by atoms with Crippen molar-refractivity contribution in [2.24, 2.45) is 12.0 Å². The molecule has 9 heteroatoms. The highest BCUT2D eigenvalue weighted by Gasteiger charge is 2.31. The Kier molecular flexibility index (Phi) is 4.27. The molecule has 0 saturated heterocycles. The van der Waals surface area contributed by atoms with Gasteiger partial charge in [0.05, 0.1) is 24.9 Å². The average Bonchev–Trinajstić information content (AvgIpc) is 3.18. The van der Waals surface area contributed by atoms with Crippen LogP contribution in [0.15, 0.2) is 35.5 Å². The van der Waals surface area contributed by atoms with Gasteiger partial charge in [-0.3, -0.25) is 19.0 Å². The van der Waals surface area contributed by atoms with Gasteiger partial charge in [0.2, 0.25) is 0 Å². The second-order valence-electron chi connectivity index (χ2n) is 6.26. The number of nitrogens with zero attached hydrogens (tertiary/aromatic N) is 6. The summed E-state index contributed by atoms with van der Waals surface area (Å²) < 4.78 is 8.46. The fourth-order valence-electron chi connectivity index (χ4n) is 3.17. The number of esters is 1. The van der Waals surface area contributed by atoms with Crippen LogP contribution >= 0.6 is 11.6 Å². The van der Waals surface area contributed by atoms with Gasteiger partial charge in [0.1, 0.15) is 17.6 Å². The molecule has 1 aliphatic rings. The van der Waals surface area contributed by atoms with Gasteiger partial charge in [0, 0.05) is 23.8 Å². The van der Waals surface area contributed by atoms with Gasteiger partial charge in [0.25, 0.3) is 0 Å². The lowest BCUT2D eigenvalue weighted by molar-refractivity contribution is -0.141. The normalized spacial score (nSPS) is 15.6. The number of carbonyl (C=O) groups is 1. The smallest absolute Gasteiger partial charge is 0.308 e. The van der Waals surface area contributed by atoms with Crippen molar-refractivity contribution in [2.75, 3.05) is 7.11 Å². The number of methoxy groups -OCH3 is 1. The van der Waals surface area contributed by atoms with Crippen LogP contribution in [0.1, 0.15) is 35.4 Å². The van der Waals surface area contributed by atoms with Gasteiger partial charge in [-0.05, 0) is 19.1 Å². The molecule has 138 valence electrons. The summed E-state index contributed by atoms with van der Waals surface area (Å²) in [5.74, 6) is 0.907. The topological polar surface area (TPSA) is 87.2 Å². The van der Waals surface area contributed by atoms with Gasteiger partial charge in [-0.2, -0.15) is 5.10 Å². The monoisotopic (exact) mass is 384 g/mol. The lowest BCUT2D eigenvalue weighted by Crippen LogP contribution is -2.12. The Morgan fingerprint density at radius 2 is 2.00 bits per heavy atom. The van der Waals surface area contributed by atoms with Crippen molar-refractivity contribution in [1.29, 1.82) is 0 Å². The van der Waals surface area contributed by atoms with Crippen LogP contribution < -0.4 is 0 Å². The lowest BCUT2D eigenvalue weighted by atomic mass is 10.1. The lowest BCUT2D eigenvalue weighted by Gasteiger charge is -2.11. The molecule has 0 fully saturated rings. The van der Waals surface area contributed by atoms with Crippen LogP contribution in [-0.2, 0) is 16.6 Å². The molecule has 0 spiro atoms. The Balaban J connectivity index is 1.96. The molecule has 0 unspecified atom stereocenters. The molecule has 1 atom stereocenters. The second-order valence-corrected chi connectivity index (χ2v) is 6.69. The van der Waals surface area contributed by atoms with E-state index in [0.29, 0.717) is 28.1 Å². The summed E-state index contributed by atoms with van der Waals surface area (Å²) >= 11 is 6.04. The van der Waals surface area contributed by atoms with E-state index in [9.17, 15) is 4.79 Å². The molecule has 0 radical (unpaired) electrons. The number of ether oxygens (including phenoxy) is 1. The molecule has 27 heavy (non-hydrogen) atoms. The summed E-state index contributed by atoms with van der Waals surface area (Å²) in [5, 5.41) is 13.7. The molecule has 2 aromatic heterocycles. The van der Waals surface area contributed by atoms with E-state index in [-0.39, 0.29) is 12.4 Å². The van der Waals surface area contributed by atoms with E-state index in [1.807, 2.05) is 36.9 Å². The van der Waals surface area contributed by atoms with Crippen LogP contribution in [0.3, 0.4) is 0 Å². The van der Waals surface area contributed by atoms with Crippen LogP contribution in [0.5, 0.6) is 0 Å². The van der Waals surface area contributed by atoms with E-state index in [2.05, 4.69) is 15.3 Å². The summed E-state index contributed by atoms with van der Waals surface area (Å²) in [4.78, 5) is 16.8. The first-order valence-corrected chi connectivity index (χ1v) is 8.72. The summed E-state index contributed by atoms with van der Waals surface area (Å²) in [6, 6.07) is 6.83. The van der Waals surface area contributed by atoms with E-state index >= 15 is 0 Å². The predicted octanol–water partition coefficient (Wildman–Crippen LogP) is 2.42. The molecule has 3 aromatic rings. The molecular weight excluding hydrogens is 368 g/mol. The number of aromatic nitrogens is 5. The average molecular weight is 385 g/mol. The summed E-state index contributed by atoms with van der Waals surface area (Å²) in [7, 11) is 3.20. The van der Waals surface area contributed by atoms with E-state index in [1.165, 1.54) is 7.11 Å². The van der Waals surface area contributed by atoms with Crippen molar-refractivity contribution in [3.63, 3.8) is 0 Å². The quantitative estimate of drug-likeness (QED) is 0.647. The molecule has 0 bridgehead atoms. The van der Waals surface area contributed by atoms with Crippen LogP contribution in [0.4, 0.5) is 0 Å². The Hall–Kier alpha value is -3.00. The minimum absolute atomic E-state index is 0.0577. The van der Waals surface area contributed by atoms with Gasteiger partial charge in [0.15, 0.2) is 5.82 Å². The molecule has 0 aliphatic carbocycles.